The van der Waals surface area contributed by atoms with E-state index >= 15 is 0 Å². The van der Waals surface area contributed by atoms with Crippen molar-refractivity contribution < 1.29 is 29.1 Å². The van der Waals surface area contributed by atoms with Crippen LogP contribution in [-0.2, 0) is 36.8 Å². The van der Waals surface area contributed by atoms with Gasteiger partial charge in [-0.3, -0.25) is 24.0 Å². The maximum absolute atomic E-state index is 13.5. The number of para-hydroxylation sites is 1. The summed E-state index contributed by atoms with van der Waals surface area (Å²) in [5.41, 5.74) is 13.5. The summed E-state index contributed by atoms with van der Waals surface area (Å²) in [4.78, 5) is 71.6. The number of carboxylic acids is 1. The molecule has 0 aliphatic heterocycles. The summed E-state index contributed by atoms with van der Waals surface area (Å²) >= 11 is 0. The number of aromatic nitrogens is 3. The van der Waals surface area contributed by atoms with Gasteiger partial charge in [-0.25, -0.2) is 4.98 Å². The van der Waals surface area contributed by atoms with E-state index in [1.54, 1.807) is 6.20 Å². The molecule has 0 aliphatic rings. The Hall–Kier alpha value is -4.72. The number of fused-ring (bicyclic) bond motifs is 1. The van der Waals surface area contributed by atoms with Crippen molar-refractivity contribution in [2.24, 2.45) is 11.5 Å². The maximum Gasteiger partial charge on any atom is 0.325 e. The second kappa shape index (κ2) is 13.2. The molecule has 3 aromatic rings. The van der Waals surface area contributed by atoms with Gasteiger partial charge in [-0.1, -0.05) is 18.2 Å². The summed E-state index contributed by atoms with van der Waals surface area (Å²) in [6.45, 7) is 1.26. The van der Waals surface area contributed by atoms with Gasteiger partial charge in [0, 0.05) is 48.3 Å². The standard InChI is InChI=1S/C25H32N8O6/c1-13(25(38)39)31-23(36)19(6-7-21(27)34)32-24(37)20(8-14-10-29-18-5-3-2-4-16(14)18)33-22(35)17(26)9-15-11-28-12-30-15/h2-5,10-13,17,19-20,29H,6-9,26H2,1H3,(H2,27,34)(H,28,30)(H,31,36)(H,32,37)(H,33,35)(H,38,39). The van der Waals surface area contributed by atoms with E-state index in [0.717, 1.165) is 16.5 Å². The van der Waals surface area contributed by atoms with E-state index in [9.17, 15) is 24.0 Å². The van der Waals surface area contributed by atoms with Gasteiger partial charge in [-0.15, -0.1) is 0 Å². The second-order valence-electron chi connectivity index (χ2n) is 9.15. The van der Waals surface area contributed by atoms with Crippen LogP contribution in [0.3, 0.4) is 0 Å². The van der Waals surface area contributed by atoms with Crippen LogP contribution in [0.25, 0.3) is 10.9 Å². The molecule has 39 heavy (non-hydrogen) atoms. The number of nitrogens with zero attached hydrogens (tertiary/aromatic N) is 1. The SMILES string of the molecule is CC(NC(=O)C(CCC(N)=O)NC(=O)C(Cc1c[nH]c2ccccc12)NC(=O)C(N)Cc1cnc[nH]1)C(=O)O. The van der Waals surface area contributed by atoms with E-state index in [-0.39, 0.29) is 25.7 Å². The van der Waals surface area contributed by atoms with E-state index in [0.29, 0.717) is 5.69 Å². The van der Waals surface area contributed by atoms with Crippen molar-refractivity contribution in [1.29, 1.82) is 0 Å². The fourth-order valence-electron chi connectivity index (χ4n) is 3.94. The van der Waals surface area contributed by atoms with Crippen LogP contribution in [0, 0.1) is 0 Å². The van der Waals surface area contributed by atoms with Crippen molar-refractivity contribution in [3.05, 3.63) is 54.2 Å². The molecule has 0 spiro atoms. The number of carbonyl (C=O) groups excluding carboxylic acids is 4. The Labute approximate surface area is 223 Å². The number of imidazole rings is 1. The van der Waals surface area contributed by atoms with Crippen LogP contribution in [-0.4, -0.2) is 73.8 Å². The number of hydrogen-bond donors (Lipinski definition) is 8. The number of aliphatic carboxylic acids is 1. The van der Waals surface area contributed by atoms with Crippen LogP contribution < -0.4 is 27.4 Å². The van der Waals surface area contributed by atoms with Gasteiger partial charge in [-0.2, -0.15) is 0 Å². The molecule has 2 aromatic heterocycles. The van der Waals surface area contributed by atoms with Crippen LogP contribution in [0.1, 0.15) is 31.0 Å². The van der Waals surface area contributed by atoms with Crippen molar-refractivity contribution in [3.8, 4) is 0 Å². The van der Waals surface area contributed by atoms with Gasteiger partial charge >= 0.3 is 5.97 Å². The first-order valence-electron chi connectivity index (χ1n) is 12.2. The minimum Gasteiger partial charge on any atom is -0.480 e. The number of primary amides is 1. The number of carbonyl (C=O) groups is 5. The van der Waals surface area contributed by atoms with Crippen molar-refractivity contribution in [2.75, 3.05) is 0 Å². The van der Waals surface area contributed by atoms with E-state index in [4.69, 9.17) is 16.6 Å². The summed E-state index contributed by atoms with van der Waals surface area (Å²) in [7, 11) is 0. The third kappa shape index (κ3) is 8.13. The van der Waals surface area contributed by atoms with Gasteiger partial charge in [0.05, 0.1) is 12.4 Å². The van der Waals surface area contributed by atoms with Crippen LogP contribution in [0.5, 0.6) is 0 Å². The number of amides is 4. The molecule has 4 atom stereocenters. The Bertz CT molecular complexity index is 1320. The monoisotopic (exact) mass is 540 g/mol. The number of nitrogens with two attached hydrogens (primary N) is 2. The average molecular weight is 541 g/mol. The van der Waals surface area contributed by atoms with E-state index < -0.39 is 53.8 Å². The van der Waals surface area contributed by atoms with Crippen molar-refractivity contribution in [1.82, 2.24) is 30.9 Å². The van der Waals surface area contributed by atoms with Gasteiger partial charge in [0.15, 0.2) is 0 Å². The first-order chi connectivity index (χ1) is 18.5. The number of rotatable bonds is 14. The highest BCUT2D eigenvalue weighted by Gasteiger charge is 2.30. The Morgan fingerprint density at radius 1 is 0.974 bits per heavy atom. The van der Waals surface area contributed by atoms with E-state index in [2.05, 4.69) is 30.9 Å². The molecule has 14 heteroatoms. The number of aromatic amines is 2. The Balaban J connectivity index is 1.82. The number of nitrogens with one attached hydrogen (secondary N) is 5. The number of benzene rings is 1. The summed E-state index contributed by atoms with van der Waals surface area (Å²) < 4.78 is 0. The first kappa shape index (κ1) is 28.8. The molecule has 10 N–H and O–H groups in total. The van der Waals surface area contributed by atoms with Gasteiger partial charge in [0.25, 0.3) is 0 Å². The fourth-order valence-corrected chi connectivity index (χ4v) is 3.94. The first-order valence-corrected chi connectivity index (χ1v) is 12.2. The summed E-state index contributed by atoms with van der Waals surface area (Å²) in [5, 5.41) is 17.4. The Kier molecular flexibility index (Phi) is 9.75. The summed E-state index contributed by atoms with van der Waals surface area (Å²) in [6.07, 6.45) is 4.48. The predicted octanol–water partition coefficient (Wildman–Crippen LogP) is -1.17. The van der Waals surface area contributed by atoms with E-state index in [1.165, 1.54) is 19.4 Å². The van der Waals surface area contributed by atoms with Crippen molar-refractivity contribution >= 4 is 40.5 Å². The lowest BCUT2D eigenvalue weighted by molar-refractivity contribution is -0.142. The second-order valence-corrected chi connectivity index (χ2v) is 9.15. The zero-order valence-corrected chi connectivity index (χ0v) is 21.3. The van der Waals surface area contributed by atoms with E-state index in [1.807, 2.05) is 24.3 Å². The van der Waals surface area contributed by atoms with Gasteiger partial charge in [0.1, 0.15) is 18.1 Å². The summed E-state index contributed by atoms with van der Waals surface area (Å²) in [6, 6.07) is 2.71. The van der Waals surface area contributed by atoms with Crippen LogP contribution in [0.4, 0.5) is 0 Å². The smallest absolute Gasteiger partial charge is 0.325 e. The lowest BCUT2D eigenvalue weighted by Gasteiger charge is -2.24. The molecule has 1 aromatic carbocycles. The molecule has 0 aliphatic carbocycles. The molecule has 2 heterocycles. The van der Waals surface area contributed by atoms with Gasteiger partial charge in [-0.05, 0) is 25.0 Å². The number of carboxylic acid groups (broad SMARTS) is 1. The molecule has 0 saturated carbocycles. The molecule has 0 saturated heterocycles. The third-order valence-electron chi connectivity index (χ3n) is 6.10. The third-order valence-corrected chi connectivity index (χ3v) is 6.10. The topological polar surface area (TPSA) is 238 Å². The highest BCUT2D eigenvalue weighted by molar-refractivity contribution is 5.95. The fraction of sp³-hybridized carbons (Fsp3) is 0.360. The normalized spacial score (nSPS) is 14.1. The molecule has 4 unspecified atom stereocenters. The molecule has 0 bridgehead atoms. The Morgan fingerprint density at radius 3 is 2.33 bits per heavy atom. The number of H-pyrrole nitrogens is 2. The van der Waals surface area contributed by atoms with Crippen LogP contribution in [0.15, 0.2) is 43.0 Å². The molecule has 208 valence electrons. The predicted molar refractivity (Wildman–Crippen MR) is 140 cm³/mol. The highest BCUT2D eigenvalue weighted by Crippen LogP contribution is 2.19. The van der Waals surface area contributed by atoms with Gasteiger partial charge < -0.3 is 42.5 Å². The van der Waals surface area contributed by atoms with Crippen molar-refractivity contribution in [3.63, 3.8) is 0 Å². The molecular weight excluding hydrogens is 508 g/mol. The lowest BCUT2D eigenvalue weighted by atomic mass is 10.0. The molecule has 14 nitrogen and oxygen atoms in total. The zero-order chi connectivity index (χ0) is 28.5. The van der Waals surface area contributed by atoms with Crippen molar-refractivity contribution in [2.45, 2.75) is 56.8 Å². The van der Waals surface area contributed by atoms with Crippen LogP contribution in [0.2, 0.25) is 0 Å². The molecular formula is C25H32N8O6. The minimum absolute atomic E-state index is 0.0497. The molecule has 3 rings (SSSR count). The largest absolute Gasteiger partial charge is 0.480 e. The molecule has 4 amide bonds. The maximum atomic E-state index is 13.5. The minimum atomic E-state index is -1.28. The Morgan fingerprint density at radius 2 is 1.67 bits per heavy atom. The van der Waals surface area contributed by atoms with Crippen LogP contribution >= 0.6 is 0 Å². The zero-order valence-electron chi connectivity index (χ0n) is 21.3. The average Bonchev–Trinajstić information content (AvgIpc) is 3.55. The summed E-state index contributed by atoms with van der Waals surface area (Å²) in [5.74, 6) is -4.13. The quantitative estimate of drug-likeness (QED) is 0.124. The molecule has 0 fully saturated rings. The molecule has 0 radical (unpaired) electrons. The highest BCUT2D eigenvalue weighted by atomic mass is 16.4. The lowest BCUT2D eigenvalue weighted by Crippen LogP contribution is -2.57. The van der Waals surface area contributed by atoms with Gasteiger partial charge in [0.2, 0.25) is 23.6 Å². The number of hydrogen-bond acceptors (Lipinski definition) is 7.